The van der Waals surface area contributed by atoms with Crippen LogP contribution in [0.3, 0.4) is 0 Å². The minimum Gasteiger partial charge on any atom is -0.456 e. The number of hydrogen-bond donors (Lipinski definition) is 0. The number of hydrogen-bond acceptors (Lipinski definition) is 8. The number of benzene rings is 1. The van der Waals surface area contributed by atoms with E-state index in [1.165, 1.54) is 16.9 Å². The lowest BCUT2D eigenvalue weighted by atomic mass is 10.2. The maximum Gasteiger partial charge on any atom is 0.341 e. The molecular formula is C21H24ClN4O5P. The Morgan fingerprint density at radius 3 is 2.50 bits per heavy atom. The highest BCUT2D eigenvalue weighted by molar-refractivity contribution is 7.53. The highest BCUT2D eigenvalue weighted by Gasteiger charge is 2.32. The number of carbonyl (C=O) groups excluding carboxylic acids is 1. The monoisotopic (exact) mass is 478 g/mol. The van der Waals surface area contributed by atoms with Gasteiger partial charge in [-0.15, -0.1) is 5.10 Å². The van der Waals surface area contributed by atoms with Crippen molar-refractivity contribution in [3.8, 4) is 11.3 Å². The third-order valence-corrected chi connectivity index (χ3v) is 6.79. The number of carbonyl (C=O) groups is 1. The Morgan fingerprint density at radius 2 is 1.84 bits per heavy atom. The van der Waals surface area contributed by atoms with Crippen LogP contribution in [-0.4, -0.2) is 51.4 Å². The molecule has 1 atom stereocenters. The second kappa shape index (κ2) is 11.3. The zero-order valence-electron chi connectivity index (χ0n) is 17.8. The fraction of sp³-hybridized carbons (Fsp3) is 0.333. The minimum absolute atomic E-state index is 0.0150. The molecule has 9 nitrogen and oxygen atoms in total. The lowest BCUT2D eigenvalue weighted by Gasteiger charge is -2.23. The molecule has 11 heteroatoms. The molecule has 3 rings (SSSR count). The zero-order chi connectivity index (χ0) is 23.0. The van der Waals surface area contributed by atoms with Crippen LogP contribution in [-0.2, 0) is 24.9 Å². The highest BCUT2D eigenvalue weighted by Crippen LogP contribution is 2.49. The molecule has 0 saturated heterocycles. The second-order valence-electron chi connectivity index (χ2n) is 6.69. The number of ether oxygens (including phenoxy) is 1. The van der Waals surface area contributed by atoms with E-state index in [1.807, 2.05) is 30.3 Å². The summed E-state index contributed by atoms with van der Waals surface area (Å²) in [7, 11) is -3.51. The summed E-state index contributed by atoms with van der Waals surface area (Å²) in [5.41, 5.74) is 1.65. The molecule has 0 saturated carbocycles. The molecule has 32 heavy (non-hydrogen) atoms. The van der Waals surface area contributed by atoms with Crippen LogP contribution in [0.15, 0.2) is 54.9 Å². The van der Waals surface area contributed by atoms with Crippen molar-refractivity contribution >= 4 is 25.2 Å². The first-order valence-corrected chi connectivity index (χ1v) is 12.2. The third-order valence-electron chi connectivity index (χ3n) is 4.33. The summed E-state index contributed by atoms with van der Waals surface area (Å²) in [4.78, 5) is 16.6. The number of pyridine rings is 1. The molecule has 0 radical (unpaired) electrons. The Bertz CT molecular complexity index is 1070. The third kappa shape index (κ3) is 6.46. The van der Waals surface area contributed by atoms with Crippen molar-refractivity contribution in [2.24, 2.45) is 0 Å². The van der Waals surface area contributed by atoms with E-state index in [2.05, 4.69) is 15.3 Å². The number of halogens is 1. The summed E-state index contributed by atoms with van der Waals surface area (Å²) in [6.45, 7) is 3.90. The van der Waals surface area contributed by atoms with Crippen molar-refractivity contribution in [3.63, 3.8) is 0 Å². The molecular weight excluding hydrogens is 455 g/mol. The normalized spacial score (nSPS) is 12.5. The van der Waals surface area contributed by atoms with Crippen LogP contribution in [0.4, 0.5) is 0 Å². The fourth-order valence-electron chi connectivity index (χ4n) is 3.01. The van der Waals surface area contributed by atoms with Crippen molar-refractivity contribution in [1.82, 2.24) is 20.0 Å². The van der Waals surface area contributed by atoms with Gasteiger partial charge in [0.1, 0.15) is 17.0 Å². The molecule has 0 N–H and O–H groups in total. The summed E-state index contributed by atoms with van der Waals surface area (Å²) < 4.78 is 31.0. The van der Waals surface area contributed by atoms with E-state index in [9.17, 15) is 9.36 Å². The number of nitrogens with zero attached hydrogens (tertiary/aromatic N) is 4. The van der Waals surface area contributed by atoms with Crippen LogP contribution >= 0.6 is 19.2 Å². The van der Waals surface area contributed by atoms with Crippen molar-refractivity contribution in [3.05, 3.63) is 65.6 Å². The smallest absolute Gasteiger partial charge is 0.341 e. The van der Waals surface area contributed by atoms with Crippen LogP contribution in [0.5, 0.6) is 0 Å². The zero-order valence-corrected chi connectivity index (χ0v) is 19.4. The van der Waals surface area contributed by atoms with E-state index >= 15 is 0 Å². The van der Waals surface area contributed by atoms with Gasteiger partial charge in [-0.05, 0) is 26.0 Å². The van der Waals surface area contributed by atoms with E-state index in [4.69, 9.17) is 25.4 Å². The van der Waals surface area contributed by atoms with Gasteiger partial charge in [-0.3, -0.25) is 4.57 Å². The number of rotatable bonds is 11. The van der Waals surface area contributed by atoms with Gasteiger partial charge in [0.15, 0.2) is 0 Å². The van der Waals surface area contributed by atoms with Crippen molar-refractivity contribution < 1.29 is 23.1 Å². The van der Waals surface area contributed by atoms with Gasteiger partial charge in [-0.2, -0.15) is 0 Å². The minimum atomic E-state index is -3.51. The SMILES string of the molecule is CCOP(=O)(CC(Cn1cc(-c2ccccc2)nn1)OC(=O)c1cccnc1Cl)OCC. The predicted octanol–water partition coefficient (Wildman–Crippen LogP) is 4.49. The molecule has 0 aliphatic heterocycles. The van der Waals surface area contributed by atoms with Gasteiger partial charge in [-0.1, -0.05) is 47.1 Å². The molecule has 0 fully saturated rings. The maximum absolute atomic E-state index is 13.1. The van der Waals surface area contributed by atoms with Gasteiger partial charge < -0.3 is 13.8 Å². The number of esters is 1. The Kier molecular flexibility index (Phi) is 8.53. The molecule has 0 aliphatic rings. The average Bonchev–Trinajstić information content (AvgIpc) is 3.23. The maximum atomic E-state index is 13.1. The summed E-state index contributed by atoms with van der Waals surface area (Å²) in [6.07, 6.45) is 2.15. The van der Waals surface area contributed by atoms with E-state index < -0.39 is 19.7 Å². The van der Waals surface area contributed by atoms with Crippen LogP contribution in [0, 0.1) is 0 Å². The first-order valence-electron chi connectivity index (χ1n) is 10.1. The first-order chi connectivity index (χ1) is 15.4. The molecule has 0 aliphatic carbocycles. The molecule has 0 spiro atoms. The van der Waals surface area contributed by atoms with Crippen LogP contribution in [0.25, 0.3) is 11.3 Å². The van der Waals surface area contributed by atoms with Gasteiger partial charge in [-0.25, -0.2) is 14.5 Å². The van der Waals surface area contributed by atoms with Crippen LogP contribution in [0.1, 0.15) is 24.2 Å². The lowest BCUT2D eigenvalue weighted by Crippen LogP contribution is -2.28. The largest absolute Gasteiger partial charge is 0.456 e. The average molecular weight is 479 g/mol. The molecule has 2 heterocycles. The molecule has 2 aromatic heterocycles. The second-order valence-corrected chi connectivity index (χ2v) is 9.15. The van der Waals surface area contributed by atoms with Crippen molar-refractivity contribution in [2.45, 2.75) is 26.5 Å². The van der Waals surface area contributed by atoms with E-state index in [0.29, 0.717) is 5.69 Å². The van der Waals surface area contributed by atoms with Gasteiger partial charge in [0.25, 0.3) is 0 Å². The standard InChI is InChI=1S/C21H24ClN4O5P/c1-3-29-32(28,30-4-2)15-17(31-21(27)18-11-8-12-23-20(18)22)13-26-14-19(24-25-26)16-9-6-5-7-10-16/h5-12,14,17H,3-4,13,15H2,1-2H3. The molecule has 3 aromatic rings. The summed E-state index contributed by atoms with van der Waals surface area (Å²) in [5, 5.41) is 8.30. The van der Waals surface area contributed by atoms with E-state index in [1.54, 1.807) is 26.1 Å². The lowest BCUT2D eigenvalue weighted by molar-refractivity contribution is 0.0289. The summed E-state index contributed by atoms with van der Waals surface area (Å²) in [6, 6.07) is 12.6. The molecule has 1 aromatic carbocycles. The molecule has 0 amide bonds. The van der Waals surface area contributed by atoms with Gasteiger partial charge in [0.2, 0.25) is 0 Å². The van der Waals surface area contributed by atoms with E-state index in [0.717, 1.165) is 5.56 Å². The molecule has 1 unspecified atom stereocenters. The van der Waals surface area contributed by atoms with E-state index in [-0.39, 0.29) is 36.6 Å². The van der Waals surface area contributed by atoms with Crippen molar-refractivity contribution in [2.75, 3.05) is 19.4 Å². The van der Waals surface area contributed by atoms with Crippen LogP contribution < -0.4 is 0 Å². The van der Waals surface area contributed by atoms with Crippen LogP contribution in [0.2, 0.25) is 5.15 Å². The Hall–Kier alpha value is -2.58. The van der Waals surface area contributed by atoms with Gasteiger partial charge in [0, 0.05) is 11.8 Å². The number of aromatic nitrogens is 4. The van der Waals surface area contributed by atoms with Crippen molar-refractivity contribution in [1.29, 1.82) is 0 Å². The fourth-order valence-corrected chi connectivity index (χ4v) is 4.97. The van der Waals surface area contributed by atoms with Gasteiger partial charge >= 0.3 is 13.6 Å². The van der Waals surface area contributed by atoms with Gasteiger partial charge in [0.05, 0.1) is 37.7 Å². The summed E-state index contributed by atoms with van der Waals surface area (Å²) >= 11 is 6.02. The Morgan fingerprint density at radius 1 is 1.12 bits per heavy atom. The topological polar surface area (TPSA) is 105 Å². The Labute approximate surface area is 191 Å². The first kappa shape index (κ1) is 24.1. The molecule has 170 valence electrons. The quantitative estimate of drug-likeness (QED) is 0.225. The summed E-state index contributed by atoms with van der Waals surface area (Å²) in [5.74, 6) is -0.698. The highest BCUT2D eigenvalue weighted by atomic mass is 35.5. The Balaban J connectivity index is 1.83. The predicted molar refractivity (Wildman–Crippen MR) is 120 cm³/mol. The molecule has 0 bridgehead atoms.